The van der Waals surface area contributed by atoms with Gasteiger partial charge in [0.2, 0.25) is 5.91 Å². The molecule has 35 heavy (non-hydrogen) atoms. The number of aliphatic hydroxyl groups excluding tert-OH is 1. The van der Waals surface area contributed by atoms with Crippen LogP contribution >= 0.6 is 11.6 Å². The molecule has 2 atom stereocenters. The number of hydrogen-bond acceptors (Lipinski definition) is 6. The van der Waals surface area contributed by atoms with Gasteiger partial charge in [-0.1, -0.05) is 25.4 Å². The van der Waals surface area contributed by atoms with Crippen LogP contribution in [0.15, 0.2) is 41.3 Å². The molecule has 2 aromatic rings. The molecular weight excluding hydrogens is 488 g/mol. The molecule has 192 valence electrons. The lowest BCUT2D eigenvalue weighted by Crippen LogP contribution is -2.31. The van der Waals surface area contributed by atoms with Crippen LogP contribution in [0.5, 0.6) is 11.5 Å². The Kier molecular flexibility index (Phi) is 9.98. The van der Waals surface area contributed by atoms with Gasteiger partial charge in [-0.05, 0) is 61.7 Å². The smallest absolute Gasteiger partial charge is 0.225 e. The summed E-state index contributed by atoms with van der Waals surface area (Å²) in [6.07, 6.45) is 1.84. The molecule has 0 saturated carbocycles. The molecule has 0 saturated heterocycles. The van der Waals surface area contributed by atoms with Gasteiger partial charge in [-0.25, -0.2) is 0 Å². The Morgan fingerprint density at radius 3 is 2.63 bits per heavy atom. The zero-order valence-corrected chi connectivity index (χ0v) is 22.4. The van der Waals surface area contributed by atoms with E-state index in [0.29, 0.717) is 51.7 Å². The summed E-state index contributed by atoms with van der Waals surface area (Å²) in [7, 11) is 0.0214. The van der Waals surface area contributed by atoms with Crippen molar-refractivity contribution >= 4 is 34.0 Å². The summed E-state index contributed by atoms with van der Waals surface area (Å²) in [6.45, 7) is 8.78. The van der Waals surface area contributed by atoms with Crippen molar-refractivity contribution in [3.05, 3.63) is 47.0 Å². The zero-order valence-electron chi connectivity index (χ0n) is 20.8. The lowest BCUT2D eigenvalue weighted by atomic mass is 10.1. The molecule has 0 aromatic heterocycles. The molecule has 3 rings (SSSR count). The van der Waals surface area contributed by atoms with Crippen LogP contribution in [0.4, 0.5) is 5.69 Å². The maximum Gasteiger partial charge on any atom is 0.225 e. The maximum absolute atomic E-state index is 13.6. The van der Waals surface area contributed by atoms with Gasteiger partial charge in [0.05, 0.1) is 41.7 Å². The quantitative estimate of drug-likeness (QED) is 0.409. The number of carbonyl (C=O) groups is 1. The fourth-order valence-electron chi connectivity index (χ4n) is 4.15. The maximum atomic E-state index is 13.6. The molecule has 0 fully saturated rings. The van der Waals surface area contributed by atoms with Gasteiger partial charge >= 0.3 is 0 Å². The summed E-state index contributed by atoms with van der Waals surface area (Å²) in [5.74, 6) is 1.53. The van der Waals surface area contributed by atoms with Gasteiger partial charge in [0.15, 0.2) is 0 Å². The van der Waals surface area contributed by atoms with E-state index in [9.17, 15) is 14.1 Å². The van der Waals surface area contributed by atoms with Crippen LogP contribution in [-0.4, -0.2) is 60.1 Å². The first kappa shape index (κ1) is 27.5. The third-order valence-corrected chi connectivity index (χ3v) is 7.84. The number of aliphatic hydroxyl groups is 1. The van der Waals surface area contributed by atoms with E-state index in [1.54, 1.807) is 43.5 Å². The second-order valence-electron chi connectivity index (χ2n) is 9.00. The predicted octanol–water partition coefficient (Wildman–Crippen LogP) is 4.63. The first-order chi connectivity index (χ1) is 16.8. The SMILES string of the molecule is COc1ccc(OCCCN(CCO)CCC(C)C)c(C2N(C(C)=O)c3ccc(Cl)cc3S2=O)c1. The van der Waals surface area contributed by atoms with Gasteiger partial charge in [-0.3, -0.25) is 13.9 Å². The van der Waals surface area contributed by atoms with Crippen molar-refractivity contribution in [2.75, 3.05) is 44.9 Å². The molecule has 2 aromatic carbocycles. The summed E-state index contributed by atoms with van der Waals surface area (Å²) in [6, 6.07) is 10.4. The minimum absolute atomic E-state index is 0.126. The molecular formula is C26H35ClN2O5S. The first-order valence-corrected chi connectivity index (χ1v) is 13.5. The Morgan fingerprint density at radius 2 is 1.97 bits per heavy atom. The lowest BCUT2D eigenvalue weighted by molar-refractivity contribution is -0.116. The van der Waals surface area contributed by atoms with Crippen molar-refractivity contribution in [1.82, 2.24) is 4.90 Å². The monoisotopic (exact) mass is 522 g/mol. The van der Waals surface area contributed by atoms with E-state index in [4.69, 9.17) is 21.1 Å². The van der Waals surface area contributed by atoms with Crippen molar-refractivity contribution in [2.45, 2.75) is 43.9 Å². The molecule has 0 aliphatic carbocycles. The van der Waals surface area contributed by atoms with E-state index < -0.39 is 16.2 Å². The molecule has 1 aliphatic rings. The van der Waals surface area contributed by atoms with E-state index in [2.05, 4.69) is 18.7 Å². The molecule has 2 unspecified atom stereocenters. The highest BCUT2D eigenvalue weighted by Crippen LogP contribution is 2.47. The first-order valence-electron chi connectivity index (χ1n) is 11.9. The van der Waals surface area contributed by atoms with Gasteiger partial charge < -0.3 is 19.5 Å². The number of nitrogens with zero attached hydrogens (tertiary/aromatic N) is 2. The van der Waals surface area contributed by atoms with E-state index >= 15 is 0 Å². The van der Waals surface area contributed by atoms with Gasteiger partial charge in [0, 0.05) is 30.6 Å². The van der Waals surface area contributed by atoms with Crippen molar-refractivity contribution < 1.29 is 23.6 Å². The van der Waals surface area contributed by atoms with Gasteiger partial charge in [0.1, 0.15) is 16.9 Å². The van der Waals surface area contributed by atoms with Crippen molar-refractivity contribution in [3.63, 3.8) is 0 Å². The minimum atomic E-state index is -1.54. The number of halogens is 1. The number of rotatable bonds is 12. The highest BCUT2D eigenvalue weighted by atomic mass is 35.5. The summed E-state index contributed by atoms with van der Waals surface area (Å²) in [5.41, 5.74) is 1.21. The fourth-order valence-corrected chi connectivity index (χ4v) is 6.11. The van der Waals surface area contributed by atoms with Gasteiger partial charge in [-0.15, -0.1) is 0 Å². The Hall–Kier alpha value is -2.13. The summed E-state index contributed by atoms with van der Waals surface area (Å²) < 4.78 is 25.1. The average molecular weight is 523 g/mol. The molecule has 9 heteroatoms. The Balaban J connectivity index is 1.81. The Labute approximate surface area is 215 Å². The molecule has 1 N–H and O–H groups in total. The van der Waals surface area contributed by atoms with Crippen molar-refractivity contribution in [2.24, 2.45) is 5.92 Å². The standard InChI is InChI=1S/C26H35ClN2O5S/c1-18(2)10-12-28(13-14-30)11-5-15-34-24-9-7-21(33-4)17-22(24)26-29(19(3)31)23-8-6-20(27)16-25(23)35(26)32/h6-9,16-18,26,30H,5,10-15H2,1-4H3. The molecule has 7 nitrogen and oxygen atoms in total. The molecule has 0 bridgehead atoms. The summed E-state index contributed by atoms with van der Waals surface area (Å²) in [5, 5.41) is 9.09. The topological polar surface area (TPSA) is 79.3 Å². The second kappa shape index (κ2) is 12.7. The number of fused-ring (bicyclic) bond motifs is 1. The van der Waals surface area contributed by atoms with E-state index in [0.717, 1.165) is 25.9 Å². The van der Waals surface area contributed by atoms with Crippen molar-refractivity contribution in [1.29, 1.82) is 0 Å². The number of carbonyl (C=O) groups excluding carboxylic acids is 1. The molecule has 0 radical (unpaired) electrons. The van der Waals surface area contributed by atoms with Gasteiger partial charge in [-0.2, -0.15) is 0 Å². The van der Waals surface area contributed by atoms with Crippen LogP contribution in [-0.2, 0) is 15.6 Å². The number of amides is 1. The fraction of sp³-hybridized carbons (Fsp3) is 0.500. The van der Waals surface area contributed by atoms with Crippen LogP contribution in [0.25, 0.3) is 0 Å². The summed E-state index contributed by atoms with van der Waals surface area (Å²) in [4.78, 5) is 17.0. The summed E-state index contributed by atoms with van der Waals surface area (Å²) >= 11 is 6.16. The minimum Gasteiger partial charge on any atom is -0.497 e. The van der Waals surface area contributed by atoms with Crippen LogP contribution in [0.1, 0.15) is 44.6 Å². The van der Waals surface area contributed by atoms with Crippen LogP contribution < -0.4 is 14.4 Å². The highest BCUT2D eigenvalue weighted by Gasteiger charge is 2.41. The number of anilines is 1. The molecule has 0 spiro atoms. The molecule has 1 aliphatic heterocycles. The molecule has 1 heterocycles. The number of benzene rings is 2. The Bertz CT molecular complexity index is 1050. The van der Waals surface area contributed by atoms with Crippen LogP contribution in [0.2, 0.25) is 5.02 Å². The number of hydrogen-bond donors (Lipinski definition) is 1. The average Bonchev–Trinajstić information content (AvgIpc) is 3.11. The third-order valence-electron chi connectivity index (χ3n) is 5.97. The van der Waals surface area contributed by atoms with Crippen molar-refractivity contribution in [3.8, 4) is 11.5 Å². The number of methoxy groups -OCH3 is 1. The van der Waals surface area contributed by atoms with E-state index in [1.165, 1.54) is 11.8 Å². The largest absolute Gasteiger partial charge is 0.497 e. The normalized spacial score (nSPS) is 17.2. The third kappa shape index (κ3) is 6.76. The van der Waals surface area contributed by atoms with E-state index in [-0.39, 0.29) is 12.5 Å². The second-order valence-corrected chi connectivity index (χ2v) is 10.9. The van der Waals surface area contributed by atoms with E-state index in [1.807, 2.05) is 0 Å². The predicted molar refractivity (Wildman–Crippen MR) is 140 cm³/mol. The Morgan fingerprint density at radius 1 is 1.20 bits per heavy atom. The lowest BCUT2D eigenvalue weighted by Gasteiger charge is -2.26. The zero-order chi connectivity index (χ0) is 25.5. The number of ether oxygens (including phenoxy) is 2. The van der Waals surface area contributed by atoms with Gasteiger partial charge in [0.25, 0.3) is 0 Å². The van der Waals surface area contributed by atoms with Crippen LogP contribution in [0.3, 0.4) is 0 Å². The highest BCUT2D eigenvalue weighted by molar-refractivity contribution is 7.86. The molecule has 1 amide bonds. The van der Waals surface area contributed by atoms with Crippen LogP contribution in [0, 0.1) is 5.92 Å².